The molecule has 0 saturated carbocycles. The van der Waals surface area contributed by atoms with E-state index >= 15 is 0 Å². The number of allylic oxidation sites excluding steroid dienone is 2. The molecular weight excluding hydrogens is 158 g/mol. The molecule has 0 aromatic heterocycles. The highest BCUT2D eigenvalue weighted by Crippen LogP contribution is 2.11. The van der Waals surface area contributed by atoms with Crippen LogP contribution in [0.5, 0.6) is 0 Å². The molecule has 1 nitrogen and oxygen atoms in total. The number of aryl methyl sites for hydroxylation is 1. The van der Waals surface area contributed by atoms with Crippen molar-refractivity contribution in [1.29, 1.82) is 0 Å². The number of rotatable bonds is 3. The van der Waals surface area contributed by atoms with Crippen LogP contribution in [0.4, 0.5) is 5.69 Å². The van der Waals surface area contributed by atoms with Crippen LogP contribution in [-0.2, 0) is 0 Å². The van der Waals surface area contributed by atoms with Crippen LogP contribution in [0.3, 0.4) is 0 Å². The first-order valence-electron chi connectivity index (χ1n) is 4.38. The Morgan fingerprint density at radius 1 is 1.31 bits per heavy atom. The summed E-state index contributed by atoms with van der Waals surface area (Å²) in [5, 5.41) is 3.25. The van der Waals surface area contributed by atoms with Crippen molar-refractivity contribution in [2.24, 2.45) is 0 Å². The van der Waals surface area contributed by atoms with E-state index in [1.165, 1.54) is 5.56 Å². The SMILES string of the molecule is C=C/C(=C\C)Nc1ccc(C)cc1. The lowest BCUT2D eigenvalue weighted by molar-refractivity contribution is 1.41. The van der Waals surface area contributed by atoms with Crippen molar-refractivity contribution in [3.8, 4) is 0 Å². The monoisotopic (exact) mass is 173 g/mol. The Bertz CT molecular complexity index is 306. The van der Waals surface area contributed by atoms with E-state index in [2.05, 4.69) is 43.1 Å². The fourth-order valence-corrected chi connectivity index (χ4v) is 1.04. The first-order chi connectivity index (χ1) is 6.26. The smallest absolute Gasteiger partial charge is 0.0384 e. The number of nitrogens with one attached hydrogen (secondary N) is 1. The van der Waals surface area contributed by atoms with Crippen molar-refractivity contribution in [1.82, 2.24) is 0 Å². The fraction of sp³-hybridized carbons (Fsp3) is 0.167. The summed E-state index contributed by atoms with van der Waals surface area (Å²) in [5.41, 5.74) is 3.40. The zero-order valence-corrected chi connectivity index (χ0v) is 8.17. The molecule has 0 amide bonds. The van der Waals surface area contributed by atoms with Gasteiger partial charge in [-0.2, -0.15) is 0 Å². The quantitative estimate of drug-likeness (QED) is 0.690. The van der Waals surface area contributed by atoms with Crippen molar-refractivity contribution in [3.63, 3.8) is 0 Å². The van der Waals surface area contributed by atoms with E-state index in [1.54, 1.807) is 6.08 Å². The van der Waals surface area contributed by atoms with Gasteiger partial charge < -0.3 is 5.32 Å². The summed E-state index contributed by atoms with van der Waals surface area (Å²) >= 11 is 0. The van der Waals surface area contributed by atoms with Crippen molar-refractivity contribution in [3.05, 3.63) is 54.3 Å². The molecule has 1 rings (SSSR count). The van der Waals surface area contributed by atoms with Crippen LogP contribution in [0.1, 0.15) is 12.5 Å². The third-order valence-electron chi connectivity index (χ3n) is 1.87. The third-order valence-corrected chi connectivity index (χ3v) is 1.87. The van der Waals surface area contributed by atoms with E-state index in [-0.39, 0.29) is 0 Å². The van der Waals surface area contributed by atoms with Crippen LogP contribution in [0.2, 0.25) is 0 Å². The van der Waals surface area contributed by atoms with Gasteiger partial charge in [0.05, 0.1) is 0 Å². The normalized spacial score (nSPS) is 11.1. The van der Waals surface area contributed by atoms with Crippen molar-refractivity contribution in [2.75, 3.05) is 5.32 Å². The van der Waals surface area contributed by atoms with Crippen LogP contribution in [-0.4, -0.2) is 0 Å². The van der Waals surface area contributed by atoms with Gasteiger partial charge in [0.2, 0.25) is 0 Å². The molecule has 13 heavy (non-hydrogen) atoms. The van der Waals surface area contributed by atoms with Crippen LogP contribution in [0.15, 0.2) is 48.7 Å². The van der Waals surface area contributed by atoms with E-state index < -0.39 is 0 Å². The van der Waals surface area contributed by atoms with Crippen LogP contribution in [0, 0.1) is 6.92 Å². The summed E-state index contributed by atoms with van der Waals surface area (Å²) in [6.07, 6.45) is 3.80. The van der Waals surface area contributed by atoms with E-state index in [0.717, 1.165) is 11.4 Å². The highest BCUT2D eigenvalue weighted by Gasteiger charge is 1.91. The molecule has 1 aromatic rings. The summed E-state index contributed by atoms with van der Waals surface area (Å²) in [4.78, 5) is 0. The maximum atomic E-state index is 3.71. The van der Waals surface area contributed by atoms with Crippen molar-refractivity contribution in [2.45, 2.75) is 13.8 Å². The number of anilines is 1. The first-order valence-corrected chi connectivity index (χ1v) is 4.38. The van der Waals surface area contributed by atoms with Gasteiger partial charge in [-0.3, -0.25) is 0 Å². The molecule has 0 atom stereocenters. The van der Waals surface area contributed by atoms with Crippen LogP contribution >= 0.6 is 0 Å². The van der Waals surface area contributed by atoms with Gasteiger partial charge in [0.25, 0.3) is 0 Å². The molecule has 0 bridgehead atoms. The van der Waals surface area contributed by atoms with Crippen molar-refractivity contribution < 1.29 is 0 Å². The summed E-state index contributed by atoms with van der Waals surface area (Å²) in [5.74, 6) is 0. The summed E-state index contributed by atoms with van der Waals surface area (Å²) < 4.78 is 0. The molecule has 0 heterocycles. The van der Waals surface area contributed by atoms with Crippen LogP contribution in [0.25, 0.3) is 0 Å². The Balaban J connectivity index is 2.74. The highest BCUT2D eigenvalue weighted by molar-refractivity contribution is 5.51. The van der Waals surface area contributed by atoms with Gasteiger partial charge in [-0.25, -0.2) is 0 Å². The lowest BCUT2D eigenvalue weighted by Crippen LogP contribution is -1.95. The second-order valence-corrected chi connectivity index (χ2v) is 2.94. The van der Waals surface area contributed by atoms with Crippen molar-refractivity contribution >= 4 is 5.69 Å². The molecule has 0 unspecified atom stereocenters. The molecule has 0 radical (unpaired) electrons. The van der Waals surface area contributed by atoms with Crippen LogP contribution < -0.4 is 5.32 Å². The minimum Gasteiger partial charge on any atom is -0.356 e. The minimum absolute atomic E-state index is 1.03. The summed E-state index contributed by atoms with van der Waals surface area (Å²) in [6.45, 7) is 7.78. The predicted molar refractivity (Wildman–Crippen MR) is 58.8 cm³/mol. The van der Waals surface area contributed by atoms with E-state index in [0.29, 0.717) is 0 Å². The second-order valence-electron chi connectivity index (χ2n) is 2.94. The standard InChI is InChI=1S/C12H15N/c1-4-11(5-2)13-12-8-6-10(3)7-9-12/h4-9,13H,1H2,2-3H3/b11-5+. The van der Waals surface area contributed by atoms with E-state index in [4.69, 9.17) is 0 Å². The number of benzene rings is 1. The molecule has 1 heteroatoms. The van der Waals surface area contributed by atoms with Gasteiger partial charge in [-0.1, -0.05) is 30.4 Å². The summed E-state index contributed by atoms with van der Waals surface area (Å²) in [7, 11) is 0. The zero-order chi connectivity index (χ0) is 9.68. The molecule has 0 spiro atoms. The van der Waals surface area contributed by atoms with E-state index in [1.807, 2.05) is 13.0 Å². The molecule has 1 aromatic carbocycles. The Morgan fingerprint density at radius 2 is 1.92 bits per heavy atom. The number of hydrogen-bond donors (Lipinski definition) is 1. The Kier molecular flexibility index (Phi) is 3.32. The van der Waals surface area contributed by atoms with Gasteiger partial charge in [-0.05, 0) is 32.1 Å². The molecule has 0 aliphatic carbocycles. The molecule has 0 aliphatic heterocycles. The lowest BCUT2D eigenvalue weighted by Gasteiger charge is -2.06. The fourth-order valence-electron chi connectivity index (χ4n) is 1.04. The molecule has 0 saturated heterocycles. The average Bonchev–Trinajstić information content (AvgIpc) is 2.17. The maximum Gasteiger partial charge on any atom is 0.0384 e. The minimum atomic E-state index is 1.03. The van der Waals surface area contributed by atoms with Gasteiger partial charge >= 0.3 is 0 Å². The average molecular weight is 173 g/mol. The first kappa shape index (κ1) is 9.59. The largest absolute Gasteiger partial charge is 0.356 e. The van der Waals surface area contributed by atoms with E-state index in [9.17, 15) is 0 Å². The zero-order valence-electron chi connectivity index (χ0n) is 8.17. The van der Waals surface area contributed by atoms with Gasteiger partial charge in [0.15, 0.2) is 0 Å². The molecule has 0 fully saturated rings. The highest BCUT2D eigenvalue weighted by atomic mass is 14.9. The molecule has 1 N–H and O–H groups in total. The number of hydrogen-bond acceptors (Lipinski definition) is 1. The predicted octanol–water partition coefficient (Wildman–Crippen LogP) is 3.50. The molecule has 68 valence electrons. The Labute approximate surface area is 79.8 Å². The third kappa shape index (κ3) is 2.79. The summed E-state index contributed by atoms with van der Waals surface area (Å²) in [6, 6.07) is 8.28. The molecular formula is C12H15N. The molecule has 0 aliphatic rings. The maximum absolute atomic E-state index is 3.71. The topological polar surface area (TPSA) is 12.0 Å². The van der Waals surface area contributed by atoms with Gasteiger partial charge in [-0.15, -0.1) is 0 Å². The second kappa shape index (κ2) is 4.51. The van der Waals surface area contributed by atoms with Gasteiger partial charge in [0.1, 0.15) is 0 Å². The Hall–Kier alpha value is -1.50. The van der Waals surface area contributed by atoms with Gasteiger partial charge in [0, 0.05) is 11.4 Å². The Morgan fingerprint density at radius 3 is 2.38 bits per heavy atom. The lowest BCUT2D eigenvalue weighted by atomic mass is 10.2.